The molecule has 1 aliphatic carbocycles. The summed E-state index contributed by atoms with van der Waals surface area (Å²) in [6, 6.07) is 5.98. The first-order chi connectivity index (χ1) is 18.8. The minimum absolute atomic E-state index is 0.0776. The number of aryl methyl sites for hydroxylation is 4. The molecule has 0 amide bonds. The van der Waals surface area contributed by atoms with Crippen LogP contribution >= 0.6 is 0 Å². The Morgan fingerprint density at radius 2 is 1.79 bits per heavy atom. The summed E-state index contributed by atoms with van der Waals surface area (Å²) in [4.78, 5) is 22.4. The van der Waals surface area contributed by atoms with Gasteiger partial charge >= 0.3 is 5.97 Å². The summed E-state index contributed by atoms with van der Waals surface area (Å²) < 4.78 is 19.2. The highest BCUT2D eigenvalue weighted by Crippen LogP contribution is 2.46. The van der Waals surface area contributed by atoms with E-state index in [0.717, 1.165) is 66.1 Å². The Kier molecular flexibility index (Phi) is 7.51. The van der Waals surface area contributed by atoms with Crippen molar-refractivity contribution in [2.75, 3.05) is 14.2 Å². The first-order valence-electron chi connectivity index (χ1n) is 13.8. The van der Waals surface area contributed by atoms with Gasteiger partial charge in [0.2, 0.25) is 0 Å². The van der Waals surface area contributed by atoms with Crippen molar-refractivity contribution in [1.82, 2.24) is 19.6 Å². The van der Waals surface area contributed by atoms with Crippen LogP contribution in [0.25, 0.3) is 5.78 Å². The predicted molar refractivity (Wildman–Crippen MR) is 146 cm³/mol. The van der Waals surface area contributed by atoms with Crippen LogP contribution in [0, 0.1) is 19.8 Å². The molecule has 0 radical (unpaired) electrons. The van der Waals surface area contributed by atoms with Gasteiger partial charge in [0.05, 0.1) is 19.8 Å². The van der Waals surface area contributed by atoms with E-state index < -0.39 is 11.6 Å². The zero-order valence-corrected chi connectivity index (χ0v) is 23.5. The number of cyclic esters (lactones) is 1. The molecule has 1 atom stereocenters. The molecule has 0 spiro atoms. The summed E-state index contributed by atoms with van der Waals surface area (Å²) in [7, 11) is 3.32. The summed E-state index contributed by atoms with van der Waals surface area (Å²) in [5.74, 6) is 2.26. The van der Waals surface area contributed by atoms with Crippen molar-refractivity contribution in [2.24, 2.45) is 5.92 Å². The van der Waals surface area contributed by atoms with E-state index in [4.69, 9.17) is 14.2 Å². The molecule has 5 rings (SSSR count). The van der Waals surface area contributed by atoms with Gasteiger partial charge in [-0.3, -0.25) is 0 Å². The maximum Gasteiger partial charge on any atom is 0.338 e. The molecule has 9 heteroatoms. The lowest BCUT2D eigenvalue weighted by Crippen LogP contribution is -2.46. The minimum Gasteiger partial charge on any atom is -0.512 e. The van der Waals surface area contributed by atoms with E-state index in [2.05, 4.69) is 28.1 Å². The fourth-order valence-corrected chi connectivity index (χ4v) is 6.28. The van der Waals surface area contributed by atoms with Crippen LogP contribution in [0.5, 0.6) is 11.5 Å². The summed E-state index contributed by atoms with van der Waals surface area (Å²) in [6.07, 6.45) is 6.64. The zero-order valence-electron chi connectivity index (χ0n) is 23.5. The van der Waals surface area contributed by atoms with E-state index in [1.165, 1.54) is 0 Å². The van der Waals surface area contributed by atoms with Gasteiger partial charge in [0, 0.05) is 30.3 Å². The van der Waals surface area contributed by atoms with E-state index in [1.54, 1.807) is 18.7 Å². The Balaban J connectivity index is 1.43. The largest absolute Gasteiger partial charge is 0.512 e. The Morgan fingerprint density at radius 1 is 1.08 bits per heavy atom. The van der Waals surface area contributed by atoms with Crippen molar-refractivity contribution in [3.63, 3.8) is 0 Å². The molecule has 9 nitrogen and oxygen atoms in total. The second-order valence-corrected chi connectivity index (χ2v) is 10.8. The van der Waals surface area contributed by atoms with Gasteiger partial charge in [0.25, 0.3) is 5.78 Å². The van der Waals surface area contributed by atoms with E-state index in [1.807, 2.05) is 26.0 Å². The summed E-state index contributed by atoms with van der Waals surface area (Å²) in [6.45, 7) is 5.93. The Bertz CT molecular complexity index is 1420. The molecule has 2 aliphatic rings. The van der Waals surface area contributed by atoms with Crippen LogP contribution in [-0.4, -0.2) is 50.5 Å². The number of hydrogen-bond donors (Lipinski definition) is 1. The molecular formula is C30H38N4O5. The van der Waals surface area contributed by atoms with E-state index in [9.17, 15) is 9.90 Å². The third kappa shape index (κ3) is 5.18. The van der Waals surface area contributed by atoms with Gasteiger partial charge in [0.15, 0.2) is 5.82 Å². The standard InChI is InChI=1S/C30H38N4O5/c1-6-20-14-21(26(38-5)16-25(20)37-4)11-12-30(22-9-7-8-10-22)17-24(35)23(28(36)39-30)15-27-32-29-31-18(2)13-19(3)34(29)33-27/h13-14,16,22,35H,6-12,15,17H2,1-5H3. The fourth-order valence-electron chi connectivity index (χ4n) is 6.28. The normalized spacial score (nSPS) is 20.1. The molecule has 2 aromatic heterocycles. The number of ether oxygens (including phenoxy) is 3. The number of hydrogen-bond acceptors (Lipinski definition) is 8. The number of methoxy groups -OCH3 is 2. The summed E-state index contributed by atoms with van der Waals surface area (Å²) in [5, 5.41) is 15.8. The molecule has 1 fully saturated rings. The quantitative estimate of drug-likeness (QED) is 0.374. The van der Waals surface area contributed by atoms with E-state index >= 15 is 0 Å². The molecule has 1 saturated carbocycles. The first-order valence-corrected chi connectivity index (χ1v) is 13.8. The molecule has 1 N–H and O–H groups in total. The predicted octanol–water partition coefficient (Wildman–Crippen LogP) is 5.18. The average Bonchev–Trinajstić information content (AvgIpc) is 3.60. The van der Waals surface area contributed by atoms with Crippen LogP contribution in [0.2, 0.25) is 0 Å². The van der Waals surface area contributed by atoms with Gasteiger partial charge in [0.1, 0.15) is 22.9 Å². The minimum atomic E-state index is -0.764. The van der Waals surface area contributed by atoms with Gasteiger partial charge in [-0.05, 0) is 75.1 Å². The number of esters is 1. The van der Waals surface area contributed by atoms with E-state index in [0.29, 0.717) is 30.9 Å². The SMILES string of the molecule is CCc1cc(CCC2(C3CCCC3)CC(O)=C(Cc3nc4nc(C)cc(C)n4n3)C(=O)O2)c(OC)cc1OC. The molecule has 3 heterocycles. The van der Waals surface area contributed by atoms with Crippen LogP contribution in [0.4, 0.5) is 0 Å². The third-order valence-corrected chi connectivity index (χ3v) is 8.34. The number of carbonyl (C=O) groups excluding carboxylic acids is 1. The lowest BCUT2D eigenvalue weighted by Gasteiger charge is -2.42. The van der Waals surface area contributed by atoms with Gasteiger partial charge in [-0.15, -0.1) is 5.10 Å². The Morgan fingerprint density at radius 3 is 2.46 bits per heavy atom. The highest BCUT2D eigenvalue weighted by molar-refractivity contribution is 5.90. The number of carbonyl (C=O) groups is 1. The maximum absolute atomic E-state index is 13.5. The van der Waals surface area contributed by atoms with Crippen molar-refractivity contribution in [3.05, 3.63) is 57.9 Å². The number of aliphatic hydroxyl groups excluding tert-OH is 1. The third-order valence-electron chi connectivity index (χ3n) is 8.34. The lowest BCUT2D eigenvalue weighted by molar-refractivity contribution is -0.167. The van der Waals surface area contributed by atoms with Crippen LogP contribution in [0.1, 0.15) is 73.8 Å². The zero-order chi connectivity index (χ0) is 27.7. The maximum atomic E-state index is 13.5. The summed E-state index contributed by atoms with van der Waals surface area (Å²) in [5.41, 5.74) is 3.36. The van der Waals surface area contributed by atoms with Crippen molar-refractivity contribution in [3.8, 4) is 11.5 Å². The Labute approximate surface area is 229 Å². The summed E-state index contributed by atoms with van der Waals surface area (Å²) >= 11 is 0. The molecular weight excluding hydrogens is 496 g/mol. The average molecular weight is 535 g/mol. The number of fused-ring (bicyclic) bond motifs is 1. The Hall–Kier alpha value is -3.62. The van der Waals surface area contributed by atoms with Gasteiger partial charge in [-0.25, -0.2) is 14.3 Å². The number of benzene rings is 1. The molecule has 1 aliphatic heterocycles. The van der Waals surface area contributed by atoms with Crippen molar-refractivity contribution in [2.45, 2.75) is 84.2 Å². The molecule has 39 heavy (non-hydrogen) atoms. The van der Waals surface area contributed by atoms with Crippen molar-refractivity contribution < 1.29 is 24.1 Å². The topological polar surface area (TPSA) is 108 Å². The van der Waals surface area contributed by atoms with Gasteiger partial charge in [-0.1, -0.05) is 19.8 Å². The monoisotopic (exact) mass is 534 g/mol. The van der Waals surface area contributed by atoms with Crippen LogP contribution in [0.3, 0.4) is 0 Å². The lowest BCUT2D eigenvalue weighted by atomic mass is 9.76. The van der Waals surface area contributed by atoms with Crippen LogP contribution < -0.4 is 9.47 Å². The van der Waals surface area contributed by atoms with Crippen LogP contribution in [-0.2, 0) is 28.8 Å². The second-order valence-electron chi connectivity index (χ2n) is 10.8. The first kappa shape index (κ1) is 27.0. The van der Waals surface area contributed by atoms with Gasteiger partial charge in [-0.2, -0.15) is 4.98 Å². The molecule has 0 saturated heterocycles. The second kappa shape index (κ2) is 10.9. The number of rotatable bonds is 9. The van der Waals surface area contributed by atoms with Crippen molar-refractivity contribution >= 4 is 11.7 Å². The molecule has 0 bridgehead atoms. The molecule has 3 aromatic rings. The highest BCUT2D eigenvalue weighted by atomic mass is 16.6. The number of aliphatic hydroxyl groups is 1. The highest BCUT2D eigenvalue weighted by Gasteiger charge is 2.48. The van der Waals surface area contributed by atoms with Crippen molar-refractivity contribution in [1.29, 1.82) is 0 Å². The molecule has 1 aromatic carbocycles. The number of nitrogens with zero attached hydrogens (tertiary/aromatic N) is 4. The molecule has 208 valence electrons. The molecule has 1 unspecified atom stereocenters. The van der Waals surface area contributed by atoms with Gasteiger partial charge < -0.3 is 19.3 Å². The smallest absolute Gasteiger partial charge is 0.338 e. The van der Waals surface area contributed by atoms with E-state index in [-0.39, 0.29) is 23.7 Å². The van der Waals surface area contributed by atoms with Crippen LogP contribution in [0.15, 0.2) is 29.5 Å². The number of aromatic nitrogens is 4. The fraction of sp³-hybridized carbons (Fsp3) is 0.533.